The van der Waals surface area contributed by atoms with Gasteiger partial charge in [-0.05, 0) is 0 Å². The fourth-order valence-electron chi connectivity index (χ4n) is 1.67. The van der Waals surface area contributed by atoms with E-state index in [2.05, 4.69) is 54.6 Å². The topological polar surface area (TPSA) is 28.2 Å². The average molecular weight is 306 g/mol. The number of halogens is 1. The second-order valence-electron chi connectivity index (χ2n) is 6.06. The van der Waals surface area contributed by atoms with E-state index in [1.807, 2.05) is 0 Å². The van der Waals surface area contributed by atoms with E-state index in [-0.39, 0.29) is 11.1 Å². The molecule has 0 spiro atoms. The third kappa shape index (κ3) is 15.1. The Morgan fingerprint density at radius 2 is 1.00 bits per heavy atom. The van der Waals surface area contributed by atoms with Gasteiger partial charge in [0, 0.05) is 0 Å². The van der Waals surface area contributed by atoms with Crippen molar-refractivity contribution < 1.29 is 0 Å². The maximum atomic E-state index is 4.80. The van der Waals surface area contributed by atoms with E-state index in [0.29, 0.717) is 0 Å². The van der Waals surface area contributed by atoms with Gasteiger partial charge in [-0.3, -0.25) is 0 Å². The molecule has 0 amide bonds. The quantitative estimate of drug-likeness (QED) is 0.679. The van der Waals surface area contributed by atoms with Gasteiger partial charge in [-0.15, -0.1) is 24.2 Å². The summed E-state index contributed by atoms with van der Waals surface area (Å²) in [6, 6.07) is 0. The fraction of sp³-hybridized carbons (Fsp3) is 1.00. The molecule has 90 valence electrons. The van der Waals surface area contributed by atoms with Crippen molar-refractivity contribution in [3.8, 4) is 0 Å². The predicted octanol–water partition coefficient (Wildman–Crippen LogP) is 4.34. The molecule has 0 aromatic rings. The van der Waals surface area contributed by atoms with Crippen LogP contribution in [0.5, 0.6) is 0 Å². The molecule has 0 heterocycles. The van der Waals surface area contributed by atoms with Crippen LogP contribution in [0.1, 0.15) is 41.5 Å². The van der Waals surface area contributed by atoms with Crippen molar-refractivity contribution in [2.45, 2.75) is 65.7 Å². The van der Waals surface area contributed by atoms with Crippen LogP contribution >= 0.6 is 9.64 Å². The summed E-state index contributed by atoms with van der Waals surface area (Å²) in [7, 11) is 2.98. The summed E-state index contributed by atoms with van der Waals surface area (Å²) in [5.74, 6) is 0. The third-order valence-corrected chi connectivity index (χ3v) is 3.65. The minimum absolute atomic E-state index is 0.0461. The second-order valence-corrected chi connectivity index (χ2v) is 9.50. The van der Waals surface area contributed by atoms with E-state index >= 15 is 0 Å². The van der Waals surface area contributed by atoms with Gasteiger partial charge in [0.15, 0.2) is 0 Å². The molecule has 0 fully saturated rings. The van der Waals surface area contributed by atoms with Crippen molar-refractivity contribution in [2.24, 2.45) is 0 Å². The zero-order valence-electron chi connectivity index (χ0n) is 11.3. The second kappa shape index (κ2) is 6.71. The van der Waals surface area contributed by atoms with Crippen LogP contribution in [0.3, 0.4) is 0 Å². The van der Waals surface area contributed by atoms with E-state index in [1.165, 1.54) is 0 Å². The molecule has 0 aliphatic heterocycles. The molecule has 0 atom stereocenters. The summed E-state index contributed by atoms with van der Waals surface area (Å²) in [6.07, 6.45) is 0. The Hall–Kier alpha value is 1.06. The minimum atomic E-state index is -1.72. The number of hydrogen-bond acceptors (Lipinski definition) is 0. The van der Waals surface area contributed by atoms with Crippen molar-refractivity contribution in [3.63, 3.8) is 0 Å². The predicted molar refractivity (Wildman–Crippen MR) is 75.3 cm³/mol. The van der Waals surface area contributed by atoms with Gasteiger partial charge in [0.1, 0.15) is 0 Å². The summed E-state index contributed by atoms with van der Waals surface area (Å²) in [5, 5.41) is 0. The Morgan fingerprint density at radius 1 is 0.800 bits per heavy atom. The van der Waals surface area contributed by atoms with Crippen molar-refractivity contribution in [2.75, 3.05) is 0 Å². The Kier molecular flexibility index (Phi) is 8.25. The van der Waals surface area contributed by atoms with Gasteiger partial charge in [-0.25, -0.2) is 0 Å². The van der Waals surface area contributed by atoms with Crippen LogP contribution in [-0.4, -0.2) is 37.1 Å². The van der Waals surface area contributed by atoms with Gasteiger partial charge in [0.05, 0.1) is 0 Å². The van der Waals surface area contributed by atoms with E-state index in [4.69, 9.17) is 19.6 Å². The Balaban J connectivity index is 0. The van der Waals surface area contributed by atoms with E-state index < -0.39 is 8.40 Å². The van der Waals surface area contributed by atoms with Gasteiger partial charge >= 0.3 is 27.2 Å². The van der Waals surface area contributed by atoms with E-state index in [9.17, 15) is 0 Å². The molecular formula is C10H24ClGaN2Si-2. The van der Waals surface area contributed by atoms with Crippen LogP contribution in [0.4, 0.5) is 0 Å². The van der Waals surface area contributed by atoms with Crippen LogP contribution in [0.25, 0.3) is 9.96 Å². The molecule has 0 bridgehead atoms. The normalized spacial score (nSPS) is 13.1. The summed E-state index contributed by atoms with van der Waals surface area (Å²) < 4.78 is 0. The number of nitrogens with zero attached hydrogens (tertiary/aromatic N) is 2. The monoisotopic (exact) mass is 304 g/mol. The van der Waals surface area contributed by atoms with Crippen LogP contribution < -0.4 is 0 Å². The summed E-state index contributed by atoms with van der Waals surface area (Å²) >= 11 is 1.16. The molecule has 5 heteroatoms. The number of rotatable bonds is 2. The third-order valence-electron chi connectivity index (χ3n) is 1.22. The zero-order valence-corrected chi connectivity index (χ0v) is 15.5. The van der Waals surface area contributed by atoms with Crippen LogP contribution in [0.15, 0.2) is 0 Å². The van der Waals surface area contributed by atoms with Gasteiger partial charge in [-0.1, -0.05) is 41.5 Å². The van der Waals surface area contributed by atoms with Crippen LogP contribution in [0.2, 0.25) is 13.1 Å². The van der Waals surface area contributed by atoms with E-state index in [1.54, 1.807) is 0 Å². The first-order chi connectivity index (χ1) is 6.41. The van der Waals surface area contributed by atoms with Crippen molar-refractivity contribution in [1.29, 1.82) is 0 Å². The molecule has 15 heavy (non-hydrogen) atoms. The van der Waals surface area contributed by atoms with Crippen LogP contribution in [0, 0.1) is 0 Å². The SMILES string of the molecule is CC(C)(C)[N-][Si](C)(C)[N-]C(C)(C)C.[Cl][Ga]. The standard InChI is InChI=1S/C10H24N2Si.ClH.Ga/c1-9(2,3)11-13(7,8)12-10(4,5)6;;/h1-8H3;1H;/q-2;;+1/p-1. The fourth-order valence-corrected chi connectivity index (χ4v) is 5.00. The van der Waals surface area contributed by atoms with Gasteiger partial charge in [0.2, 0.25) is 0 Å². The van der Waals surface area contributed by atoms with Crippen molar-refractivity contribution >= 4 is 35.6 Å². The summed E-state index contributed by atoms with van der Waals surface area (Å²) in [6.45, 7) is 17.2. The van der Waals surface area contributed by atoms with E-state index in [0.717, 1.165) is 17.6 Å². The van der Waals surface area contributed by atoms with Gasteiger partial charge < -0.3 is 9.96 Å². The Bertz CT molecular complexity index is 155. The Morgan fingerprint density at radius 3 is 1.13 bits per heavy atom. The first-order valence-electron chi connectivity index (χ1n) is 5.11. The summed E-state index contributed by atoms with van der Waals surface area (Å²) in [5.41, 5.74) is 0.0922. The average Bonchev–Trinajstić information content (AvgIpc) is 1.79. The first-order valence-corrected chi connectivity index (χ1v) is 11.2. The summed E-state index contributed by atoms with van der Waals surface area (Å²) in [4.78, 5) is 9.60. The zero-order chi connectivity index (χ0) is 12.9. The molecule has 2 radical (unpaired) electrons. The van der Waals surface area contributed by atoms with Gasteiger partial charge in [0.25, 0.3) is 0 Å². The molecule has 0 rings (SSSR count). The molecule has 0 aromatic heterocycles. The van der Waals surface area contributed by atoms with Crippen molar-refractivity contribution in [3.05, 3.63) is 9.96 Å². The van der Waals surface area contributed by atoms with Crippen LogP contribution in [-0.2, 0) is 0 Å². The molecular weight excluding hydrogens is 281 g/mol. The number of hydrogen-bond donors (Lipinski definition) is 0. The molecule has 0 aromatic carbocycles. The molecule has 0 saturated heterocycles. The molecule has 0 saturated carbocycles. The van der Waals surface area contributed by atoms with Crippen molar-refractivity contribution in [1.82, 2.24) is 0 Å². The molecule has 0 N–H and O–H groups in total. The molecule has 0 aliphatic rings. The van der Waals surface area contributed by atoms with Gasteiger partial charge in [-0.2, -0.15) is 8.40 Å². The molecule has 0 aliphatic carbocycles. The first kappa shape index (κ1) is 18.4. The molecule has 0 unspecified atom stereocenters. The molecule has 2 nitrogen and oxygen atoms in total. The Labute approximate surface area is 111 Å². The maximum absolute atomic E-state index is 4.80.